The summed E-state index contributed by atoms with van der Waals surface area (Å²) in [4.78, 5) is 13.6. The molecule has 22 heavy (non-hydrogen) atoms. The number of likely N-dealkylation sites (N-methyl/N-ethyl adjacent to an activating group) is 1. The Kier molecular flexibility index (Phi) is 4.37. The van der Waals surface area contributed by atoms with Crippen molar-refractivity contribution in [2.75, 3.05) is 30.8 Å². The number of halogens is 1. The van der Waals surface area contributed by atoms with Gasteiger partial charge in [0.05, 0.1) is 35.2 Å². The second-order valence-electron chi connectivity index (χ2n) is 5.27. The standard InChI is InChI=1S/C14H17FN4O3/c1-18(14(21)22)10-2-3-19(7-12(10)20)11-5-8(6-16)4-9(17)13(11)15/h4-5,10,12,20H,2-3,7,17H2,1H3,(H,21,22)/t10-,12+/m1/s1. The lowest BCUT2D eigenvalue weighted by Gasteiger charge is -2.40. The molecule has 0 radical (unpaired) electrons. The molecule has 7 nitrogen and oxygen atoms in total. The first-order chi connectivity index (χ1) is 10.3. The summed E-state index contributed by atoms with van der Waals surface area (Å²) >= 11 is 0. The van der Waals surface area contributed by atoms with E-state index in [1.165, 1.54) is 19.2 Å². The zero-order chi connectivity index (χ0) is 16.4. The Balaban J connectivity index is 2.22. The molecule has 1 aromatic carbocycles. The molecule has 1 aromatic rings. The van der Waals surface area contributed by atoms with Crippen molar-refractivity contribution in [3.8, 4) is 6.07 Å². The van der Waals surface area contributed by atoms with Gasteiger partial charge in [0.25, 0.3) is 0 Å². The molecular formula is C14H17FN4O3. The summed E-state index contributed by atoms with van der Waals surface area (Å²) in [5.74, 6) is -0.642. The van der Waals surface area contributed by atoms with Gasteiger partial charge in [0, 0.05) is 20.1 Å². The first-order valence-corrected chi connectivity index (χ1v) is 6.73. The van der Waals surface area contributed by atoms with E-state index >= 15 is 0 Å². The van der Waals surface area contributed by atoms with Crippen molar-refractivity contribution in [3.05, 3.63) is 23.5 Å². The zero-order valence-electron chi connectivity index (χ0n) is 12.0. The highest BCUT2D eigenvalue weighted by Gasteiger charge is 2.33. The van der Waals surface area contributed by atoms with Crippen molar-refractivity contribution in [3.63, 3.8) is 0 Å². The molecule has 1 aliphatic heterocycles. The van der Waals surface area contributed by atoms with Crippen molar-refractivity contribution in [1.82, 2.24) is 4.90 Å². The summed E-state index contributed by atoms with van der Waals surface area (Å²) in [5.41, 5.74) is 5.80. The van der Waals surface area contributed by atoms with Gasteiger partial charge in [-0.05, 0) is 18.6 Å². The number of nitrogen functional groups attached to an aromatic ring is 1. The van der Waals surface area contributed by atoms with Crippen LogP contribution >= 0.6 is 0 Å². The van der Waals surface area contributed by atoms with Crippen LogP contribution < -0.4 is 10.6 Å². The van der Waals surface area contributed by atoms with Crippen LogP contribution in [0.1, 0.15) is 12.0 Å². The first-order valence-electron chi connectivity index (χ1n) is 6.73. The van der Waals surface area contributed by atoms with E-state index in [0.717, 1.165) is 4.90 Å². The molecule has 118 valence electrons. The third-order valence-corrected chi connectivity index (χ3v) is 3.90. The van der Waals surface area contributed by atoms with Crippen LogP contribution in [0.5, 0.6) is 0 Å². The minimum atomic E-state index is -1.13. The number of carbonyl (C=O) groups is 1. The highest BCUT2D eigenvalue weighted by molar-refractivity contribution is 5.65. The molecule has 0 unspecified atom stereocenters. The van der Waals surface area contributed by atoms with Crippen LogP contribution in [0, 0.1) is 17.1 Å². The van der Waals surface area contributed by atoms with E-state index < -0.39 is 24.1 Å². The number of piperidine rings is 1. The highest BCUT2D eigenvalue weighted by Crippen LogP contribution is 2.29. The van der Waals surface area contributed by atoms with Crippen molar-refractivity contribution >= 4 is 17.5 Å². The predicted molar refractivity (Wildman–Crippen MR) is 77.9 cm³/mol. The van der Waals surface area contributed by atoms with Crippen LogP contribution in [-0.2, 0) is 0 Å². The van der Waals surface area contributed by atoms with Crippen molar-refractivity contribution in [1.29, 1.82) is 5.26 Å². The van der Waals surface area contributed by atoms with Crippen molar-refractivity contribution in [2.45, 2.75) is 18.6 Å². The molecule has 0 bridgehead atoms. The molecule has 0 aliphatic carbocycles. The van der Waals surface area contributed by atoms with Gasteiger partial charge in [0.1, 0.15) is 0 Å². The quantitative estimate of drug-likeness (QED) is 0.697. The fourth-order valence-corrected chi connectivity index (χ4v) is 2.66. The summed E-state index contributed by atoms with van der Waals surface area (Å²) < 4.78 is 14.2. The van der Waals surface area contributed by atoms with Crippen LogP contribution in [0.3, 0.4) is 0 Å². The number of hydrogen-bond donors (Lipinski definition) is 3. The van der Waals surface area contributed by atoms with Crippen LogP contribution in [0.25, 0.3) is 0 Å². The average Bonchev–Trinajstić information content (AvgIpc) is 2.49. The SMILES string of the molecule is CN(C(=O)O)[C@@H]1CCN(c2cc(C#N)cc(N)c2F)C[C@@H]1O. The molecule has 1 fully saturated rings. The number of aliphatic hydroxyl groups is 1. The number of aliphatic hydroxyl groups excluding tert-OH is 1. The molecule has 1 aliphatic rings. The zero-order valence-corrected chi connectivity index (χ0v) is 12.0. The number of amides is 1. The largest absolute Gasteiger partial charge is 0.465 e. The number of nitrogens with zero attached hydrogens (tertiary/aromatic N) is 3. The first kappa shape index (κ1) is 15.9. The van der Waals surface area contributed by atoms with Crippen molar-refractivity contribution < 1.29 is 19.4 Å². The molecule has 2 atom stereocenters. The summed E-state index contributed by atoms with van der Waals surface area (Å²) in [5, 5.41) is 28.0. The molecule has 2 rings (SSSR count). The predicted octanol–water partition coefficient (Wildman–Crippen LogP) is 0.829. The summed E-state index contributed by atoms with van der Waals surface area (Å²) in [6.07, 6.45) is -1.74. The van der Waals surface area contributed by atoms with Gasteiger partial charge in [-0.2, -0.15) is 5.26 Å². The molecule has 8 heteroatoms. The molecule has 4 N–H and O–H groups in total. The van der Waals surface area contributed by atoms with E-state index in [0.29, 0.717) is 13.0 Å². The summed E-state index contributed by atoms with van der Waals surface area (Å²) in [6.45, 7) is 0.415. The van der Waals surface area contributed by atoms with Gasteiger partial charge in [-0.15, -0.1) is 0 Å². The maximum Gasteiger partial charge on any atom is 0.407 e. The molecule has 1 amide bonds. The van der Waals surface area contributed by atoms with Gasteiger partial charge in [-0.25, -0.2) is 9.18 Å². The van der Waals surface area contributed by atoms with Crippen LogP contribution in [-0.4, -0.2) is 53.5 Å². The fourth-order valence-electron chi connectivity index (χ4n) is 2.66. The maximum absolute atomic E-state index is 14.2. The van der Waals surface area contributed by atoms with Gasteiger partial charge in [0.2, 0.25) is 0 Å². The number of hydrogen-bond acceptors (Lipinski definition) is 5. The topological polar surface area (TPSA) is 114 Å². The number of benzene rings is 1. The van der Waals surface area contributed by atoms with E-state index in [9.17, 15) is 14.3 Å². The summed E-state index contributed by atoms with van der Waals surface area (Å²) in [7, 11) is 1.39. The lowest BCUT2D eigenvalue weighted by atomic mass is 9.99. The third-order valence-electron chi connectivity index (χ3n) is 3.90. The fraction of sp³-hybridized carbons (Fsp3) is 0.429. The Morgan fingerprint density at radius 3 is 2.82 bits per heavy atom. The van der Waals surface area contributed by atoms with Crippen molar-refractivity contribution in [2.24, 2.45) is 0 Å². The molecule has 1 saturated heterocycles. The number of rotatable bonds is 2. The molecular weight excluding hydrogens is 291 g/mol. The Morgan fingerprint density at radius 2 is 2.27 bits per heavy atom. The van der Waals surface area contributed by atoms with Crippen LogP contribution in [0.4, 0.5) is 20.6 Å². The van der Waals surface area contributed by atoms with E-state index in [1.54, 1.807) is 4.90 Å². The molecule has 1 heterocycles. The number of carboxylic acid groups (broad SMARTS) is 1. The smallest absolute Gasteiger partial charge is 0.407 e. The minimum Gasteiger partial charge on any atom is -0.465 e. The highest BCUT2D eigenvalue weighted by atomic mass is 19.1. The normalized spacial score (nSPS) is 21.3. The monoisotopic (exact) mass is 308 g/mol. The number of nitrogens with two attached hydrogens (primary N) is 1. The van der Waals surface area contributed by atoms with Crippen LogP contribution in [0.2, 0.25) is 0 Å². The molecule has 0 spiro atoms. The molecule has 0 saturated carbocycles. The van der Waals surface area contributed by atoms with Gasteiger partial charge in [-0.3, -0.25) is 0 Å². The average molecular weight is 308 g/mol. The summed E-state index contributed by atoms with van der Waals surface area (Å²) in [6, 6.07) is 3.98. The second-order valence-corrected chi connectivity index (χ2v) is 5.27. The Hall–Kier alpha value is -2.53. The van der Waals surface area contributed by atoms with Gasteiger partial charge in [0.15, 0.2) is 5.82 Å². The number of β-amino-alcohol motifs (C(OH)–C–C–N with tert-alkyl or cyclic N) is 1. The lowest BCUT2D eigenvalue weighted by molar-refractivity contribution is 0.0496. The second kappa shape index (κ2) is 6.07. The maximum atomic E-state index is 14.2. The van der Waals surface area contributed by atoms with Crippen LogP contribution in [0.15, 0.2) is 12.1 Å². The third kappa shape index (κ3) is 2.89. The van der Waals surface area contributed by atoms with Gasteiger partial charge >= 0.3 is 6.09 Å². The number of anilines is 2. The number of nitriles is 1. The Morgan fingerprint density at radius 1 is 1.59 bits per heavy atom. The van der Waals surface area contributed by atoms with E-state index in [-0.39, 0.29) is 23.5 Å². The minimum absolute atomic E-state index is 0.0630. The lowest BCUT2D eigenvalue weighted by Crippen LogP contribution is -2.54. The Bertz CT molecular complexity index is 631. The van der Waals surface area contributed by atoms with Gasteiger partial charge < -0.3 is 25.7 Å². The van der Waals surface area contributed by atoms with E-state index in [2.05, 4.69) is 0 Å². The van der Waals surface area contributed by atoms with E-state index in [4.69, 9.17) is 16.1 Å². The molecule has 0 aromatic heterocycles. The van der Waals surface area contributed by atoms with Gasteiger partial charge in [-0.1, -0.05) is 0 Å². The Labute approximate surface area is 127 Å². The van der Waals surface area contributed by atoms with E-state index in [1.807, 2.05) is 6.07 Å².